The fraction of sp³-hybridized carbons (Fsp3) is 0.500. The molecule has 1 saturated heterocycles. The smallest absolute Gasteiger partial charge is 0.166 e. The number of allylic oxidation sites excluding steroid dienone is 2. The van der Waals surface area contributed by atoms with Crippen molar-refractivity contribution in [2.24, 2.45) is 5.92 Å². The van der Waals surface area contributed by atoms with Gasteiger partial charge in [0.2, 0.25) is 0 Å². The van der Waals surface area contributed by atoms with Crippen molar-refractivity contribution in [1.82, 2.24) is 9.47 Å². The molecule has 4 atom stereocenters. The number of nitrogens with zero attached hydrogens (tertiary/aromatic N) is 2. The fourth-order valence-electron chi connectivity index (χ4n) is 9.75. The number of phenols is 1. The molecule has 3 aliphatic heterocycles. The molecule has 4 aliphatic carbocycles. The highest BCUT2D eigenvalue weighted by Gasteiger charge is 2.73. The topological polar surface area (TPSA) is 57.9 Å². The molecule has 10 rings (SSSR count). The lowest BCUT2D eigenvalue weighted by Gasteiger charge is -2.63. The number of aliphatic hydroxyl groups is 1. The Labute approximate surface area is 216 Å². The molecule has 1 saturated carbocycles. The van der Waals surface area contributed by atoms with Crippen LogP contribution in [-0.4, -0.2) is 44.4 Å². The van der Waals surface area contributed by atoms with Gasteiger partial charge in [0, 0.05) is 42.1 Å². The lowest BCUT2D eigenvalue weighted by Crippen LogP contribution is -2.74. The van der Waals surface area contributed by atoms with Gasteiger partial charge in [-0.15, -0.1) is 0 Å². The van der Waals surface area contributed by atoms with E-state index in [4.69, 9.17) is 4.74 Å². The van der Waals surface area contributed by atoms with Crippen molar-refractivity contribution < 1.29 is 14.9 Å². The number of aromatic nitrogens is 1. The fourth-order valence-corrected chi connectivity index (χ4v) is 9.75. The van der Waals surface area contributed by atoms with Crippen LogP contribution in [0.4, 0.5) is 0 Å². The predicted molar refractivity (Wildman–Crippen MR) is 141 cm³/mol. The molecule has 5 nitrogen and oxygen atoms in total. The first-order valence-corrected chi connectivity index (χ1v) is 14.4. The molecule has 188 valence electrons. The van der Waals surface area contributed by atoms with Crippen LogP contribution in [-0.2, 0) is 31.2 Å². The van der Waals surface area contributed by atoms with Crippen LogP contribution in [0.1, 0.15) is 71.7 Å². The van der Waals surface area contributed by atoms with Crippen molar-refractivity contribution >= 4 is 16.5 Å². The third kappa shape index (κ3) is 2.14. The normalized spacial score (nSPS) is 34.1. The monoisotopic (exact) mass is 492 g/mol. The molecule has 0 radical (unpaired) electrons. The molecule has 2 bridgehead atoms. The molecular formula is C32H32N2O3. The van der Waals surface area contributed by atoms with E-state index in [0.29, 0.717) is 12.2 Å². The van der Waals surface area contributed by atoms with Crippen molar-refractivity contribution in [3.63, 3.8) is 0 Å². The van der Waals surface area contributed by atoms with Crippen LogP contribution in [0.5, 0.6) is 11.5 Å². The molecule has 37 heavy (non-hydrogen) atoms. The van der Waals surface area contributed by atoms with Crippen LogP contribution < -0.4 is 4.74 Å². The summed E-state index contributed by atoms with van der Waals surface area (Å²) in [5.74, 6) is 1.65. The quantitative estimate of drug-likeness (QED) is 0.541. The third-order valence-corrected chi connectivity index (χ3v) is 11.4. The number of rotatable bonds is 2. The standard InChI is InChI=1S/C32H32N2O3/c35-23-9-7-20-14-24-32(36)15-22-21-8-6-18-2-1-3-19-10-12-34(27(21)25(18)19)28(22)30-31(32,26(20)29(23)37-30)11-13-33(24)16-17-4-5-17/h3,6-9,17,24,30,35-36H,1-2,4-5,10-16H2/t24-,30?,31+,32-/m1/s1. The maximum atomic E-state index is 13.1. The van der Waals surface area contributed by atoms with E-state index in [2.05, 4.69) is 33.7 Å². The SMILES string of the molecule is Oc1ccc2c3c1OC1c4c(c5ccc6c7c5n4CCC7=CCC6)C[C@@]4(O)[C@@H](C2)N(CC2CC2)CC[C@]314. The summed E-state index contributed by atoms with van der Waals surface area (Å²) in [6, 6.07) is 8.70. The molecule has 2 aromatic carbocycles. The van der Waals surface area contributed by atoms with Crippen molar-refractivity contribution in [2.45, 2.75) is 81.1 Å². The van der Waals surface area contributed by atoms with E-state index in [-0.39, 0.29) is 17.9 Å². The summed E-state index contributed by atoms with van der Waals surface area (Å²) in [6.45, 7) is 3.07. The maximum Gasteiger partial charge on any atom is 0.166 e. The van der Waals surface area contributed by atoms with Gasteiger partial charge in [0.1, 0.15) is 0 Å². The van der Waals surface area contributed by atoms with Gasteiger partial charge >= 0.3 is 0 Å². The van der Waals surface area contributed by atoms with Crippen LogP contribution in [0, 0.1) is 5.92 Å². The Balaban J connectivity index is 1.29. The molecule has 0 amide bonds. The summed E-state index contributed by atoms with van der Waals surface area (Å²) in [6.07, 6.45) is 10.5. The summed E-state index contributed by atoms with van der Waals surface area (Å²) in [4.78, 5) is 2.62. The van der Waals surface area contributed by atoms with E-state index in [1.165, 1.54) is 57.3 Å². The lowest BCUT2D eigenvalue weighted by molar-refractivity contribution is -0.173. The van der Waals surface area contributed by atoms with E-state index >= 15 is 0 Å². The van der Waals surface area contributed by atoms with E-state index in [1.54, 1.807) is 0 Å². The van der Waals surface area contributed by atoms with Gasteiger partial charge in [-0.3, -0.25) is 4.90 Å². The Bertz CT molecular complexity index is 1610. The number of likely N-dealkylation sites (tertiary alicyclic amines) is 1. The zero-order chi connectivity index (χ0) is 24.3. The van der Waals surface area contributed by atoms with Gasteiger partial charge in [0.25, 0.3) is 0 Å². The zero-order valence-electron chi connectivity index (χ0n) is 21.1. The number of hydrogen-bond acceptors (Lipinski definition) is 4. The van der Waals surface area contributed by atoms with Gasteiger partial charge < -0.3 is 19.5 Å². The minimum absolute atomic E-state index is 0.0840. The number of aryl methyl sites for hydroxylation is 2. The van der Waals surface area contributed by atoms with E-state index in [1.807, 2.05) is 6.07 Å². The highest BCUT2D eigenvalue weighted by Crippen LogP contribution is 2.69. The van der Waals surface area contributed by atoms with E-state index in [9.17, 15) is 10.2 Å². The van der Waals surface area contributed by atoms with Gasteiger partial charge in [0.05, 0.1) is 22.2 Å². The molecule has 2 N–H and O–H groups in total. The first-order chi connectivity index (χ1) is 18.1. The molecule has 3 aromatic rings. The summed E-state index contributed by atoms with van der Waals surface area (Å²) >= 11 is 0. The summed E-state index contributed by atoms with van der Waals surface area (Å²) < 4.78 is 9.46. The van der Waals surface area contributed by atoms with Gasteiger partial charge in [-0.25, -0.2) is 0 Å². The second-order valence-electron chi connectivity index (χ2n) is 13.0. The Morgan fingerprint density at radius 3 is 2.84 bits per heavy atom. The van der Waals surface area contributed by atoms with E-state index < -0.39 is 11.0 Å². The van der Waals surface area contributed by atoms with Crippen LogP contribution in [0.15, 0.2) is 30.3 Å². The summed E-state index contributed by atoms with van der Waals surface area (Å²) in [5, 5.41) is 25.4. The van der Waals surface area contributed by atoms with E-state index in [0.717, 1.165) is 63.2 Å². The first kappa shape index (κ1) is 20.2. The molecule has 1 unspecified atom stereocenters. The second-order valence-corrected chi connectivity index (χ2v) is 13.0. The van der Waals surface area contributed by atoms with Crippen molar-refractivity contribution in [3.8, 4) is 11.5 Å². The van der Waals surface area contributed by atoms with Gasteiger partial charge in [-0.1, -0.05) is 24.3 Å². The average Bonchev–Trinajstić information content (AvgIpc) is 3.56. The highest BCUT2D eigenvalue weighted by atomic mass is 16.5. The number of aromatic hydroxyl groups is 1. The van der Waals surface area contributed by atoms with Crippen LogP contribution in [0.3, 0.4) is 0 Å². The molecule has 1 aromatic heterocycles. The van der Waals surface area contributed by atoms with Crippen molar-refractivity contribution in [2.75, 3.05) is 13.1 Å². The third-order valence-electron chi connectivity index (χ3n) is 11.4. The Kier molecular flexibility index (Phi) is 3.43. The number of ether oxygens (including phenoxy) is 1. The number of hydrogen-bond donors (Lipinski definition) is 2. The van der Waals surface area contributed by atoms with Crippen LogP contribution in [0.25, 0.3) is 16.5 Å². The molecule has 5 heteroatoms. The molecule has 2 fully saturated rings. The average molecular weight is 493 g/mol. The van der Waals surface area contributed by atoms with Crippen LogP contribution >= 0.6 is 0 Å². The molecule has 1 spiro atoms. The largest absolute Gasteiger partial charge is 0.504 e. The molecule has 4 heterocycles. The molecular weight excluding hydrogens is 460 g/mol. The second kappa shape index (κ2) is 6.27. The summed E-state index contributed by atoms with van der Waals surface area (Å²) in [5.41, 5.74) is 9.34. The lowest BCUT2D eigenvalue weighted by atomic mass is 9.49. The van der Waals surface area contributed by atoms with Crippen molar-refractivity contribution in [1.29, 1.82) is 0 Å². The first-order valence-electron chi connectivity index (χ1n) is 14.4. The van der Waals surface area contributed by atoms with Gasteiger partial charge in [-0.05, 0) is 85.7 Å². The number of fused-ring (bicyclic) bond motifs is 4. The number of benzene rings is 2. The van der Waals surface area contributed by atoms with Gasteiger partial charge in [-0.2, -0.15) is 0 Å². The minimum Gasteiger partial charge on any atom is -0.504 e. The summed E-state index contributed by atoms with van der Waals surface area (Å²) in [7, 11) is 0. The minimum atomic E-state index is -0.911. The maximum absolute atomic E-state index is 13.1. The molecule has 7 aliphatic rings. The zero-order valence-corrected chi connectivity index (χ0v) is 21.1. The number of piperidine rings is 1. The number of phenolic OH excluding ortho intramolecular Hbond substituents is 1. The highest BCUT2D eigenvalue weighted by molar-refractivity contribution is 5.98. The van der Waals surface area contributed by atoms with Crippen LogP contribution in [0.2, 0.25) is 0 Å². The Morgan fingerprint density at radius 2 is 1.95 bits per heavy atom. The van der Waals surface area contributed by atoms with Gasteiger partial charge in [0.15, 0.2) is 17.6 Å². The van der Waals surface area contributed by atoms with Crippen molar-refractivity contribution in [3.05, 3.63) is 63.9 Å². The Morgan fingerprint density at radius 1 is 1.05 bits per heavy atom. The Hall–Kier alpha value is -2.76. The predicted octanol–water partition coefficient (Wildman–Crippen LogP) is 4.78.